The molecule has 2 fully saturated rings. The summed E-state index contributed by atoms with van der Waals surface area (Å²) in [6.45, 7) is 1.09. The summed E-state index contributed by atoms with van der Waals surface area (Å²) in [5.74, 6) is 2.86. The number of hydrogen-bond acceptors (Lipinski definition) is 3. The zero-order chi connectivity index (χ0) is 12.8. The highest BCUT2D eigenvalue weighted by Crippen LogP contribution is 2.48. The molecule has 100 valence electrons. The first-order valence-electron chi connectivity index (χ1n) is 7.08. The molecule has 4 rings (SSSR count). The van der Waals surface area contributed by atoms with Crippen LogP contribution in [-0.2, 0) is 0 Å². The molecule has 0 saturated heterocycles. The molecule has 4 heteroatoms. The van der Waals surface area contributed by atoms with E-state index in [1.54, 1.807) is 11.3 Å². The number of fused-ring (bicyclic) bond motifs is 3. The highest BCUT2D eigenvalue weighted by atomic mass is 35.5. The van der Waals surface area contributed by atoms with Gasteiger partial charge in [-0.1, -0.05) is 29.4 Å². The van der Waals surface area contributed by atoms with Crippen molar-refractivity contribution in [1.82, 2.24) is 4.98 Å². The van der Waals surface area contributed by atoms with Crippen LogP contribution in [0.25, 0.3) is 10.2 Å². The zero-order valence-corrected chi connectivity index (χ0v) is 12.3. The first-order valence-corrected chi connectivity index (χ1v) is 8.27. The molecule has 2 nitrogen and oxygen atoms in total. The Labute approximate surface area is 122 Å². The SMILES string of the molecule is Clc1ccc2nc(NCC3CC4CCC3C4)sc2c1. The van der Waals surface area contributed by atoms with Crippen molar-refractivity contribution in [2.24, 2.45) is 17.8 Å². The van der Waals surface area contributed by atoms with Crippen LogP contribution in [0.4, 0.5) is 5.13 Å². The van der Waals surface area contributed by atoms with Crippen LogP contribution in [-0.4, -0.2) is 11.5 Å². The minimum absolute atomic E-state index is 0.788. The number of thiazole rings is 1. The second kappa shape index (κ2) is 4.64. The number of aromatic nitrogens is 1. The summed E-state index contributed by atoms with van der Waals surface area (Å²) < 4.78 is 1.17. The van der Waals surface area contributed by atoms with E-state index in [4.69, 9.17) is 11.6 Å². The van der Waals surface area contributed by atoms with Crippen molar-refractivity contribution in [2.75, 3.05) is 11.9 Å². The highest BCUT2D eigenvalue weighted by Gasteiger charge is 2.39. The Morgan fingerprint density at radius 2 is 2.26 bits per heavy atom. The van der Waals surface area contributed by atoms with E-state index in [1.165, 1.54) is 30.4 Å². The lowest BCUT2D eigenvalue weighted by atomic mass is 9.89. The van der Waals surface area contributed by atoms with Crippen LogP contribution in [0.15, 0.2) is 18.2 Å². The van der Waals surface area contributed by atoms with Crippen molar-refractivity contribution in [1.29, 1.82) is 0 Å². The summed E-state index contributed by atoms with van der Waals surface area (Å²) in [4.78, 5) is 4.63. The van der Waals surface area contributed by atoms with Crippen LogP contribution in [0.3, 0.4) is 0 Å². The number of halogens is 1. The van der Waals surface area contributed by atoms with Gasteiger partial charge in [0.25, 0.3) is 0 Å². The fraction of sp³-hybridized carbons (Fsp3) is 0.533. The van der Waals surface area contributed by atoms with Gasteiger partial charge >= 0.3 is 0 Å². The van der Waals surface area contributed by atoms with Gasteiger partial charge in [0.2, 0.25) is 0 Å². The topological polar surface area (TPSA) is 24.9 Å². The van der Waals surface area contributed by atoms with Gasteiger partial charge in [0.1, 0.15) is 0 Å². The number of anilines is 1. The van der Waals surface area contributed by atoms with Gasteiger partial charge in [-0.2, -0.15) is 0 Å². The van der Waals surface area contributed by atoms with Crippen LogP contribution in [0.1, 0.15) is 25.7 Å². The van der Waals surface area contributed by atoms with Gasteiger partial charge in [-0.15, -0.1) is 0 Å². The van der Waals surface area contributed by atoms with Crippen molar-refractivity contribution in [3.63, 3.8) is 0 Å². The predicted molar refractivity (Wildman–Crippen MR) is 82.1 cm³/mol. The number of benzene rings is 1. The fourth-order valence-corrected chi connectivity index (χ4v) is 4.97. The van der Waals surface area contributed by atoms with Gasteiger partial charge < -0.3 is 5.32 Å². The van der Waals surface area contributed by atoms with E-state index < -0.39 is 0 Å². The minimum atomic E-state index is 0.788. The largest absolute Gasteiger partial charge is 0.361 e. The second-order valence-corrected chi connectivity index (χ2v) is 7.41. The smallest absolute Gasteiger partial charge is 0.183 e. The van der Waals surface area contributed by atoms with Gasteiger partial charge in [0.15, 0.2) is 5.13 Å². The lowest BCUT2D eigenvalue weighted by Gasteiger charge is -2.21. The number of hydrogen-bond donors (Lipinski definition) is 1. The predicted octanol–water partition coefficient (Wildman–Crippen LogP) is 4.80. The maximum Gasteiger partial charge on any atom is 0.183 e. The molecular formula is C15H17ClN2S. The number of nitrogens with one attached hydrogen (secondary N) is 1. The van der Waals surface area contributed by atoms with Crippen molar-refractivity contribution in [2.45, 2.75) is 25.7 Å². The van der Waals surface area contributed by atoms with E-state index in [9.17, 15) is 0 Å². The second-order valence-electron chi connectivity index (χ2n) is 5.95. The molecule has 3 unspecified atom stereocenters. The Hall–Kier alpha value is -0.800. The summed E-state index contributed by atoms with van der Waals surface area (Å²) in [5.41, 5.74) is 1.05. The minimum Gasteiger partial charge on any atom is -0.361 e. The molecule has 19 heavy (non-hydrogen) atoms. The molecule has 0 aliphatic heterocycles. The third-order valence-electron chi connectivity index (χ3n) is 4.75. The summed E-state index contributed by atoms with van der Waals surface area (Å²) in [5, 5.41) is 5.37. The molecule has 1 heterocycles. The third kappa shape index (κ3) is 2.23. The number of rotatable bonds is 3. The van der Waals surface area contributed by atoms with Gasteiger partial charge in [-0.3, -0.25) is 0 Å². The summed E-state index contributed by atoms with van der Waals surface area (Å²) >= 11 is 7.72. The molecule has 2 aliphatic carbocycles. The molecule has 3 atom stereocenters. The average molecular weight is 293 g/mol. The monoisotopic (exact) mass is 292 g/mol. The van der Waals surface area contributed by atoms with Gasteiger partial charge in [-0.25, -0.2) is 4.98 Å². The molecule has 0 amide bonds. The van der Waals surface area contributed by atoms with Gasteiger partial charge in [0.05, 0.1) is 10.2 Å². The Kier molecular flexibility index (Phi) is 2.92. The van der Waals surface area contributed by atoms with Crippen LogP contribution in [0.5, 0.6) is 0 Å². The van der Waals surface area contributed by atoms with E-state index in [-0.39, 0.29) is 0 Å². The summed E-state index contributed by atoms with van der Waals surface area (Å²) in [7, 11) is 0. The molecule has 2 bridgehead atoms. The van der Waals surface area contributed by atoms with E-state index >= 15 is 0 Å². The van der Waals surface area contributed by atoms with Crippen molar-refractivity contribution in [3.8, 4) is 0 Å². The van der Waals surface area contributed by atoms with Crippen LogP contribution < -0.4 is 5.32 Å². The maximum absolute atomic E-state index is 6.01. The molecule has 2 saturated carbocycles. The molecule has 1 N–H and O–H groups in total. The molecule has 0 radical (unpaired) electrons. The van der Waals surface area contributed by atoms with Gasteiger partial charge in [-0.05, 0) is 55.2 Å². The van der Waals surface area contributed by atoms with E-state index in [0.717, 1.165) is 40.0 Å². The lowest BCUT2D eigenvalue weighted by Crippen LogP contribution is -2.19. The fourth-order valence-electron chi connectivity index (χ4n) is 3.82. The first kappa shape index (κ1) is 12.0. The van der Waals surface area contributed by atoms with Crippen molar-refractivity contribution < 1.29 is 0 Å². The van der Waals surface area contributed by atoms with Gasteiger partial charge in [0, 0.05) is 11.6 Å². The van der Waals surface area contributed by atoms with Crippen LogP contribution >= 0.6 is 22.9 Å². The Morgan fingerprint density at radius 1 is 1.32 bits per heavy atom. The Bertz CT molecular complexity index is 609. The molecule has 2 aromatic rings. The Morgan fingerprint density at radius 3 is 3.05 bits per heavy atom. The Balaban J connectivity index is 1.46. The standard InChI is InChI=1S/C15H17ClN2S/c16-12-3-4-13-14(7-12)19-15(18-13)17-8-11-6-9-1-2-10(11)5-9/h3-4,7,9-11H,1-2,5-6,8H2,(H,17,18). The van der Waals surface area contributed by atoms with Crippen LogP contribution in [0, 0.1) is 17.8 Å². The van der Waals surface area contributed by atoms with Crippen molar-refractivity contribution in [3.05, 3.63) is 23.2 Å². The lowest BCUT2D eigenvalue weighted by molar-refractivity contribution is 0.348. The maximum atomic E-state index is 6.01. The zero-order valence-electron chi connectivity index (χ0n) is 10.7. The number of nitrogens with zero attached hydrogens (tertiary/aromatic N) is 1. The summed E-state index contributed by atoms with van der Waals surface area (Å²) in [6.07, 6.45) is 5.82. The first-order chi connectivity index (χ1) is 9.28. The van der Waals surface area contributed by atoms with E-state index in [1.807, 2.05) is 18.2 Å². The molecular weight excluding hydrogens is 276 g/mol. The molecule has 0 spiro atoms. The van der Waals surface area contributed by atoms with E-state index in [0.29, 0.717) is 0 Å². The highest BCUT2D eigenvalue weighted by molar-refractivity contribution is 7.22. The normalized spacial score (nSPS) is 29.2. The van der Waals surface area contributed by atoms with Crippen molar-refractivity contribution >= 4 is 38.3 Å². The van der Waals surface area contributed by atoms with Crippen LogP contribution in [0.2, 0.25) is 5.02 Å². The summed E-state index contributed by atoms with van der Waals surface area (Å²) in [6, 6.07) is 5.90. The quantitative estimate of drug-likeness (QED) is 0.879. The molecule has 2 aliphatic rings. The third-order valence-corrected chi connectivity index (χ3v) is 5.96. The molecule has 1 aromatic carbocycles. The van der Waals surface area contributed by atoms with E-state index in [2.05, 4.69) is 10.3 Å². The molecule has 1 aromatic heterocycles. The average Bonchev–Trinajstić information content (AvgIpc) is 3.09.